The van der Waals surface area contributed by atoms with Crippen LogP contribution < -0.4 is 9.80 Å². The monoisotopic (exact) mass is 398 g/mol. The van der Waals surface area contributed by atoms with Gasteiger partial charge in [0.05, 0.1) is 11.0 Å². The highest BCUT2D eigenvalue weighted by molar-refractivity contribution is 5.98. The van der Waals surface area contributed by atoms with Crippen molar-refractivity contribution >= 4 is 28.2 Å². The molecule has 0 saturated carbocycles. The summed E-state index contributed by atoms with van der Waals surface area (Å²) in [6, 6.07) is 22.0. The van der Waals surface area contributed by atoms with Crippen LogP contribution in [0.4, 0.5) is 11.4 Å². The molecule has 0 aliphatic heterocycles. The Morgan fingerprint density at radius 3 is 2.30 bits per heavy atom. The standard InChI is InChI=1S/C25H26N4O/c1-28(2)20-11-9-18(10-12-20)24(30)15-17-8-13-22-23(14-17)27-25(26-22)19-6-5-7-21(16-19)29(3)4/h5-14,16H,15H2,1-4H3,(H,26,27). The number of anilines is 2. The van der Waals surface area contributed by atoms with E-state index < -0.39 is 0 Å². The first-order chi connectivity index (χ1) is 14.4. The van der Waals surface area contributed by atoms with Crippen molar-refractivity contribution in [2.24, 2.45) is 0 Å². The van der Waals surface area contributed by atoms with Crippen molar-refractivity contribution in [3.63, 3.8) is 0 Å². The molecule has 0 unspecified atom stereocenters. The lowest BCUT2D eigenvalue weighted by atomic mass is 10.0. The number of carbonyl (C=O) groups is 1. The minimum Gasteiger partial charge on any atom is -0.378 e. The van der Waals surface area contributed by atoms with Gasteiger partial charge in [-0.2, -0.15) is 0 Å². The van der Waals surface area contributed by atoms with E-state index in [1.807, 2.05) is 87.7 Å². The predicted molar refractivity (Wildman–Crippen MR) is 125 cm³/mol. The quantitative estimate of drug-likeness (QED) is 0.475. The van der Waals surface area contributed by atoms with Crippen molar-refractivity contribution in [2.45, 2.75) is 6.42 Å². The summed E-state index contributed by atoms with van der Waals surface area (Å²) >= 11 is 0. The van der Waals surface area contributed by atoms with E-state index in [0.29, 0.717) is 6.42 Å². The molecule has 0 aliphatic carbocycles. The van der Waals surface area contributed by atoms with Crippen molar-refractivity contribution in [2.75, 3.05) is 38.0 Å². The van der Waals surface area contributed by atoms with Crippen molar-refractivity contribution in [1.29, 1.82) is 0 Å². The zero-order chi connectivity index (χ0) is 21.3. The second-order valence-electron chi connectivity index (χ2n) is 7.92. The Balaban J connectivity index is 1.56. The molecule has 0 amide bonds. The number of H-pyrrole nitrogens is 1. The van der Waals surface area contributed by atoms with E-state index >= 15 is 0 Å². The molecule has 3 aromatic carbocycles. The lowest BCUT2D eigenvalue weighted by Gasteiger charge is -2.12. The number of aromatic nitrogens is 2. The van der Waals surface area contributed by atoms with E-state index in [1.165, 1.54) is 0 Å². The molecule has 152 valence electrons. The maximum atomic E-state index is 12.7. The number of hydrogen-bond donors (Lipinski definition) is 1. The van der Waals surface area contributed by atoms with Crippen LogP contribution in [-0.4, -0.2) is 43.9 Å². The fourth-order valence-electron chi connectivity index (χ4n) is 3.47. The predicted octanol–water partition coefficient (Wildman–Crippen LogP) is 4.79. The topological polar surface area (TPSA) is 52.2 Å². The molecule has 4 aromatic rings. The van der Waals surface area contributed by atoms with Crippen LogP contribution in [0.1, 0.15) is 15.9 Å². The summed E-state index contributed by atoms with van der Waals surface area (Å²) in [4.78, 5) is 24.9. The lowest BCUT2D eigenvalue weighted by Crippen LogP contribution is -2.09. The summed E-state index contributed by atoms with van der Waals surface area (Å²) < 4.78 is 0. The molecule has 1 N–H and O–H groups in total. The summed E-state index contributed by atoms with van der Waals surface area (Å²) in [5, 5.41) is 0. The molecule has 5 heteroatoms. The Morgan fingerprint density at radius 1 is 0.867 bits per heavy atom. The zero-order valence-corrected chi connectivity index (χ0v) is 17.8. The molecule has 1 aromatic heterocycles. The number of aromatic amines is 1. The summed E-state index contributed by atoms with van der Waals surface area (Å²) in [5.74, 6) is 0.939. The van der Waals surface area contributed by atoms with Crippen LogP contribution in [0, 0.1) is 0 Å². The van der Waals surface area contributed by atoms with Crippen LogP contribution in [-0.2, 0) is 6.42 Å². The number of imidazole rings is 1. The van der Waals surface area contributed by atoms with Crippen LogP contribution in [0.2, 0.25) is 0 Å². The minimum absolute atomic E-state index is 0.109. The average molecular weight is 399 g/mol. The minimum atomic E-state index is 0.109. The number of fused-ring (bicyclic) bond motifs is 1. The molecular formula is C25H26N4O. The number of nitrogens with one attached hydrogen (secondary N) is 1. The van der Waals surface area contributed by atoms with Crippen LogP contribution in [0.15, 0.2) is 66.7 Å². The lowest BCUT2D eigenvalue weighted by molar-refractivity contribution is 0.0993. The maximum absolute atomic E-state index is 12.7. The first-order valence-corrected chi connectivity index (χ1v) is 9.98. The van der Waals surface area contributed by atoms with Crippen LogP contribution >= 0.6 is 0 Å². The van der Waals surface area contributed by atoms with Gasteiger partial charge in [0.25, 0.3) is 0 Å². The second-order valence-corrected chi connectivity index (χ2v) is 7.92. The molecule has 5 nitrogen and oxygen atoms in total. The van der Waals surface area contributed by atoms with Gasteiger partial charge in [0.15, 0.2) is 5.78 Å². The maximum Gasteiger partial charge on any atom is 0.167 e. The molecule has 0 bridgehead atoms. The van der Waals surface area contributed by atoms with Gasteiger partial charge in [-0.1, -0.05) is 18.2 Å². The highest BCUT2D eigenvalue weighted by Crippen LogP contribution is 2.25. The van der Waals surface area contributed by atoms with Gasteiger partial charge in [-0.25, -0.2) is 4.98 Å². The van der Waals surface area contributed by atoms with Crippen LogP contribution in [0.25, 0.3) is 22.4 Å². The molecule has 0 spiro atoms. The van der Waals surface area contributed by atoms with Gasteiger partial charge in [0.1, 0.15) is 5.82 Å². The van der Waals surface area contributed by atoms with E-state index in [0.717, 1.165) is 44.9 Å². The van der Waals surface area contributed by atoms with E-state index in [2.05, 4.69) is 22.0 Å². The largest absolute Gasteiger partial charge is 0.378 e. The van der Waals surface area contributed by atoms with Gasteiger partial charge < -0.3 is 14.8 Å². The number of ketones is 1. The van der Waals surface area contributed by atoms with Gasteiger partial charge in [-0.15, -0.1) is 0 Å². The third-order valence-electron chi connectivity index (χ3n) is 5.25. The van der Waals surface area contributed by atoms with E-state index in [4.69, 9.17) is 4.98 Å². The second kappa shape index (κ2) is 8.03. The highest BCUT2D eigenvalue weighted by Gasteiger charge is 2.11. The fraction of sp³-hybridized carbons (Fsp3) is 0.200. The molecule has 0 atom stereocenters. The molecular weight excluding hydrogens is 372 g/mol. The zero-order valence-electron chi connectivity index (χ0n) is 17.8. The van der Waals surface area contributed by atoms with Gasteiger partial charge in [0.2, 0.25) is 0 Å². The first kappa shape index (κ1) is 19.7. The van der Waals surface area contributed by atoms with Crippen LogP contribution in [0.3, 0.4) is 0 Å². The van der Waals surface area contributed by atoms with Gasteiger partial charge in [0, 0.05) is 57.1 Å². The van der Waals surface area contributed by atoms with E-state index in [-0.39, 0.29) is 5.78 Å². The Bertz CT molecular complexity index is 1190. The number of benzene rings is 3. The number of nitrogens with zero attached hydrogens (tertiary/aromatic N) is 3. The van der Waals surface area contributed by atoms with Gasteiger partial charge in [-0.3, -0.25) is 4.79 Å². The van der Waals surface area contributed by atoms with Crippen molar-refractivity contribution in [3.8, 4) is 11.4 Å². The Labute approximate surface area is 177 Å². The highest BCUT2D eigenvalue weighted by atomic mass is 16.1. The average Bonchev–Trinajstić information content (AvgIpc) is 3.17. The number of rotatable bonds is 6. The molecule has 1 heterocycles. The summed E-state index contributed by atoms with van der Waals surface area (Å²) in [5.41, 5.74) is 6.78. The summed E-state index contributed by atoms with van der Waals surface area (Å²) in [6.07, 6.45) is 0.363. The van der Waals surface area contributed by atoms with Crippen LogP contribution in [0.5, 0.6) is 0 Å². The smallest absolute Gasteiger partial charge is 0.167 e. The number of hydrogen-bond acceptors (Lipinski definition) is 4. The third-order valence-corrected chi connectivity index (χ3v) is 5.25. The molecule has 0 saturated heterocycles. The fourth-order valence-corrected chi connectivity index (χ4v) is 3.47. The Hall–Kier alpha value is -3.60. The van der Waals surface area contributed by atoms with Crippen molar-refractivity contribution in [3.05, 3.63) is 77.9 Å². The normalized spacial score (nSPS) is 10.9. The Morgan fingerprint density at radius 2 is 1.60 bits per heavy atom. The molecule has 0 fully saturated rings. The van der Waals surface area contributed by atoms with E-state index in [9.17, 15) is 4.79 Å². The SMILES string of the molecule is CN(C)c1ccc(C(=O)Cc2ccc3nc(-c4cccc(N(C)C)c4)[nH]c3c2)cc1. The number of carbonyl (C=O) groups excluding carboxylic acids is 1. The molecule has 0 radical (unpaired) electrons. The molecule has 0 aliphatic rings. The number of Topliss-reactive ketones (excluding diaryl/α,β-unsaturated/α-hetero) is 1. The van der Waals surface area contributed by atoms with Gasteiger partial charge in [-0.05, 0) is 54.1 Å². The molecule has 4 rings (SSSR count). The first-order valence-electron chi connectivity index (χ1n) is 9.98. The van der Waals surface area contributed by atoms with Gasteiger partial charge >= 0.3 is 0 Å². The third kappa shape index (κ3) is 4.06. The van der Waals surface area contributed by atoms with Crippen molar-refractivity contribution in [1.82, 2.24) is 9.97 Å². The summed E-state index contributed by atoms with van der Waals surface area (Å²) in [7, 11) is 8.02. The molecule has 30 heavy (non-hydrogen) atoms. The van der Waals surface area contributed by atoms with E-state index in [1.54, 1.807) is 0 Å². The summed E-state index contributed by atoms with van der Waals surface area (Å²) in [6.45, 7) is 0. The van der Waals surface area contributed by atoms with Crippen molar-refractivity contribution < 1.29 is 4.79 Å². The Kier molecular flexibility index (Phi) is 5.27.